The number of hydrogen-bond acceptors (Lipinski definition) is 4. The molecule has 2 saturated carbocycles. The van der Waals surface area contributed by atoms with E-state index in [0.717, 1.165) is 6.61 Å². The number of hydrogen-bond donors (Lipinski definition) is 0. The Morgan fingerprint density at radius 3 is 3.21 bits per heavy atom. The second-order valence-electron chi connectivity index (χ2n) is 4.83. The Balaban J connectivity index is 1.69. The molecule has 0 amide bonds. The molecule has 2 aliphatic heterocycles. The third kappa shape index (κ3) is 0.525. The van der Waals surface area contributed by atoms with Crippen LogP contribution in [0.2, 0.25) is 0 Å². The van der Waals surface area contributed by atoms with Crippen molar-refractivity contribution in [3.8, 4) is 0 Å². The largest absolute Gasteiger partial charge is 0.469 e. The van der Waals surface area contributed by atoms with Crippen LogP contribution in [-0.4, -0.2) is 38.5 Å². The van der Waals surface area contributed by atoms with Crippen molar-refractivity contribution in [2.24, 2.45) is 23.2 Å². The van der Waals surface area contributed by atoms with E-state index < -0.39 is 0 Å². The number of ether oxygens (including phenoxy) is 3. The lowest BCUT2D eigenvalue weighted by Gasteiger charge is -2.60. The van der Waals surface area contributed by atoms with Gasteiger partial charge in [0.25, 0.3) is 0 Å². The average Bonchev–Trinajstić information content (AvgIpc) is 2.77. The van der Waals surface area contributed by atoms with E-state index in [-0.39, 0.29) is 17.3 Å². The van der Waals surface area contributed by atoms with Gasteiger partial charge in [0, 0.05) is 17.3 Å². The molecular weight excluding hydrogens is 184 g/mol. The molecule has 2 aliphatic carbocycles. The molecule has 0 bridgehead atoms. The van der Waals surface area contributed by atoms with Gasteiger partial charge in [-0.1, -0.05) is 0 Å². The zero-order valence-corrected chi connectivity index (χ0v) is 7.93. The topological polar surface area (TPSA) is 48.1 Å². The maximum atomic E-state index is 11.6. The molecule has 4 nitrogen and oxygen atoms in total. The molecule has 4 aliphatic rings. The van der Waals surface area contributed by atoms with Crippen LogP contribution in [0.4, 0.5) is 0 Å². The van der Waals surface area contributed by atoms with Gasteiger partial charge in [0.2, 0.25) is 0 Å². The standard InChI is InChI=1S/C10H12O4/c1-12-9(11)5-4-2-13-3-10(4)6(5)7-8(10)14-7/h4-8H,2-3H2,1H3/t4-,5-,6+,7+,8+,10?/m0/s1. The number of fused-ring (bicyclic) bond motifs is 2. The third-order valence-corrected chi connectivity index (χ3v) is 4.66. The lowest BCUT2D eigenvalue weighted by atomic mass is 9.38. The normalized spacial score (nSPS) is 61.4. The monoisotopic (exact) mass is 196 g/mol. The fourth-order valence-corrected chi connectivity index (χ4v) is 4.02. The van der Waals surface area contributed by atoms with Crippen LogP contribution in [0.5, 0.6) is 0 Å². The molecule has 1 spiro atoms. The van der Waals surface area contributed by atoms with Gasteiger partial charge in [-0.3, -0.25) is 4.79 Å². The maximum Gasteiger partial charge on any atom is 0.309 e. The van der Waals surface area contributed by atoms with Gasteiger partial charge in [0.1, 0.15) is 0 Å². The molecule has 2 heterocycles. The number of rotatable bonds is 1. The van der Waals surface area contributed by atoms with Crippen molar-refractivity contribution in [1.82, 2.24) is 0 Å². The molecule has 0 aromatic rings. The SMILES string of the molecule is COC(=O)[C@@H]1[C@@H]2[C@H]3O[C@H]3C23COC[C@@H]13. The highest BCUT2D eigenvalue weighted by Gasteiger charge is 2.87. The third-order valence-electron chi connectivity index (χ3n) is 4.66. The van der Waals surface area contributed by atoms with Gasteiger partial charge < -0.3 is 14.2 Å². The van der Waals surface area contributed by atoms with Crippen LogP contribution in [-0.2, 0) is 19.0 Å². The zero-order valence-electron chi connectivity index (χ0n) is 7.93. The summed E-state index contributed by atoms with van der Waals surface area (Å²) in [6.07, 6.45) is 0.748. The van der Waals surface area contributed by atoms with Crippen molar-refractivity contribution in [1.29, 1.82) is 0 Å². The van der Waals surface area contributed by atoms with Crippen LogP contribution in [0.1, 0.15) is 0 Å². The van der Waals surface area contributed by atoms with Gasteiger partial charge in [0.05, 0.1) is 38.4 Å². The Morgan fingerprint density at radius 1 is 1.57 bits per heavy atom. The number of esters is 1. The number of methoxy groups -OCH3 is 1. The molecule has 2 saturated heterocycles. The Labute approximate surface area is 81.5 Å². The first-order chi connectivity index (χ1) is 6.80. The summed E-state index contributed by atoms with van der Waals surface area (Å²) < 4.78 is 15.9. The molecule has 0 aromatic heterocycles. The summed E-state index contributed by atoms with van der Waals surface area (Å²) in [4.78, 5) is 11.6. The molecule has 14 heavy (non-hydrogen) atoms. The fourth-order valence-electron chi connectivity index (χ4n) is 4.02. The van der Waals surface area contributed by atoms with Gasteiger partial charge in [-0.25, -0.2) is 0 Å². The van der Waals surface area contributed by atoms with Crippen molar-refractivity contribution in [3.05, 3.63) is 0 Å². The van der Waals surface area contributed by atoms with Gasteiger partial charge in [0.15, 0.2) is 0 Å². The first-order valence-electron chi connectivity index (χ1n) is 5.12. The average molecular weight is 196 g/mol. The predicted octanol–water partition coefficient (Wildman–Crippen LogP) is -0.181. The Kier molecular flexibility index (Phi) is 1.09. The lowest BCUT2D eigenvalue weighted by Crippen LogP contribution is -2.70. The van der Waals surface area contributed by atoms with Gasteiger partial charge >= 0.3 is 5.97 Å². The summed E-state index contributed by atoms with van der Waals surface area (Å²) in [7, 11) is 1.46. The van der Waals surface area contributed by atoms with E-state index in [0.29, 0.717) is 30.7 Å². The minimum Gasteiger partial charge on any atom is -0.469 e. The van der Waals surface area contributed by atoms with E-state index in [4.69, 9.17) is 14.2 Å². The minimum atomic E-state index is -0.0740. The summed E-state index contributed by atoms with van der Waals surface area (Å²) in [5.41, 5.74) is 0.212. The van der Waals surface area contributed by atoms with Crippen molar-refractivity contribution < 1.29 is 19.0 Å². The summed E-state index contributed by atoms with van der Waals surface area (Å²) in [6.45, 7) is 1.50. The number of carbonyl (C=O) groups excluding carboxylic acids is 1. The first-order valence-corrected chi connectivity index (χ1v) is 5.12. The smallest absolute Gasteiger partial charge is 0.309 e. The van der Waals surface area contributed by atoms with Crippen molar-refractivity contribution in [2.45, 2.75) is 12.2 Å². The van der Waals surface area contributed by atoms with Crippen LogP contribution in [0, 0.1) is 23.2 Å². The highest BCUT2D eigenvalue weighted by Crippen LogP contribution is 2.77. The highest BCUT2D eigenvalue weighted by molar-refractivity contribution is 5.76. The Hall–Kier alpha value is -0.610. The maximum absolute atomic E-state index is 11.6. The molecular formula is C10H12O4. The number of epoxide rings is 1. The molecule has 0 radical (unpaired) electrons. The fraction of sp³-hybridized carbons (Fsp3) is 0.900. The molecule has 6 atom stereocenters. The molecule has 4 heteroatoms. The van der Waals surface area contributed by atoms with Crippen molar-refractivity contribution in [3.63, 3.8) is 0 Å². The second-order valence-corrected chi connectivity index (χ2v) is 4.83. The molecule has 0 N–H and O–H groups in total. The summed E-state index contributed by atoms with van der Waals surface area (Å²) >= 11 is 0. The van der Waals surface area contributed by atoms with Gasteiger partial charge in [-0.15, -0.1) is 0 Å². The summed E-state index contributed by atoms with van der Waals surface area (Å²) in [6, 6.07) is 0. The van der Waals surface area contributed by atoms with E-state index in [9.17, 15) is 4.79 Å². The van der Waals surface area contributed by atoms with E-state index in [2.05, 4.69) is 0 Å². The quantitative estimate of drug-likeness (QED) is 0.431. The Bertz CT molecular complexity index is 320. The van der Waals surface area contributed by atoms with Crippen LogP contribution < -0.4 is 0 Å². The minimum absolute atomic E-state index is 0.0475. The van der Waals surface area contributed by atoms with E-state index >= 15 is 0 Å². The van der Waals surface area contributed by atoms with Gasteiger partial charge in [-0.2, -0.15) is 0 Å². The lowest BCUT2D eigenvalue weighted by molar-refractivity contribution is -0.185. The van der Waals surface area contributed by atoms with Gasteiger partial charge in [-0.05, 0) is 0 Å². The summed E-state index contributed by atoms with van der Waals surface area (Å²) in [5, 5.41) is 0. The van der Waals surface area contributed by atoms with E-state index in [1.54, 1.807) is 0 Å². The Morgan fingerprint density at radius 2 is 2.43 bits per heavy atom. The van der Waals surface area contributed by atoms with E-state index in [1.165, 1.54) is 7.11 Å². The molecule has 4 rings (SSSR count). The zero-order chi connectivity index (χ0) is 9.50. The van der Waals surface area contributed by atoms with Crippen LogP contribution in [0.15, 0.2) is 0 Å². The van der Waals surface area contributed by atoms with Crippen LogP contribution in [0.3, 0.4) is 0 Å². The predicted molar refractivity (Wildman–Crippen MR) is 44.4 cm³/mol. The molecule has 0 aromatic carbocycles. The first kappa shape index (κ1) is 7.65. The molecule has 76 valence electrons. The van der Waals surface area contributed by atoms with Crippen LogP contribution >= 0.6 is 0 Å². The highest BCUT2D eigenvalue weighted by atomic mass is 16.6. The van der Waals surface area contributed by atoms with Crippen molar-refractivity contribution in [2.75, 3.05) is 20.3 Å². The molecule has 1 unspecified atom stereocenters. The second kappa shape index (κ2) is 1.99. The number of carbonyl (C=O) groups is 1. The van der Waals surface area contributed by atoms with Crippen molar-refractivity contribution >= 4 is 5.97 Å². The molecule has 4 fully saturated rings. The summed E-state index contributed by atoms with van der Waals surface area (Å²) in [5.74, 6) is 0.734. The van der Waals surface area contributed by atoms with E-state index in [1.807, 2.05) is 0 Å². The van der Waals surface area contributed by atoms with Crippen LogP contribution in [0.25, 0.3) is 0 Å².